The third-order valence-electron chi connectivity index (χ3n) is 5.98. The lowest BCUT2D eigenvalue weighted by molar-refractivity contribution is 0.102. The van der Waals surface area contributed by atoms with Gasteiger partial charge in [-0.3, -0.25) is 4.79 Å². The second-order valence-corrected chi connectivity index (χ2v) is 9.39. The van der Waals surface area contributed by atoms with Gasteiger partial charge in [-0.2, -0.15) is 5.26 Å². The van der Waals surface area contributed by atoms with Crippen molar-refractivity contribution < 1.29 is 13.9 Å². The van der Waals surface area contributed by atoms with Gasteiger partial charge >= 0.3 is 0 Å². The first-order valence-corrected chi connectivity index (χ1v) is 12.0. The van der Waals surface area contributed by atoms with Gasteiger partial charge in [-0.05, 0) is 74.6 Å². The molecule has 0 fully saturated rings. The van der Waals surface area contributed by atoms with E-state index in [0.29, 0.717) is 27.6 Å². The number of fused-ring (bicyclic) bond motifs is 2. The van der Waals surface area contributed by atoms with E-state index in [-0.39, 0.29) is 17.0 Å². The molecule has 1 amide bonds. The molecule has 0 bridgehead atoms. The lowest BCUT2D eigenvalue weighted by Crippen LogP contribution is -2.21. The molecule has 4 aromatic rings. The molecule has 0 unspecified atom stereocenters. The number of anilines is 1. The predicted octanol–water partition coefficient (Wildman–Crippen LogP) is 6.05. The molecule has 7 heteroatoms. The van der Waals surface area contributed by atoms with Crippen molar-refractivity contribution in [3.63, 3.8) is 0 Å². The Morgan fingerprint density at radius 1 is 1.15 bits per heavy atom. The van der Waals surface area contributed by atoms with Gasteiger partial charge in [-0.1, -0.05) is 17.7 Å². The van der Waals surface area contributed by atoms with Crippen molar-refractivity contribution in [2.75, 3.05) is 12.4 Å². The first-order valence-electron chi connectivity index (χ1n) is 11.1. The van der Waals surface area contributed by atoms with Crippen LogP contribution < -0.4 is 15.6 Å². The number of nitrogens with zero attached hydrogens (tertiary/aromatic N) is 2. The molecule has 0 saturated heterocycles. The monoisotopic (exact) mass is 469 g/mol. The van der Waals surface area contributed by atoms with Crippen molar-refractivity contribution in [3.05, 3.63) is 81.2 Å². The summed E-state index contributed by atoms with van der Waals surface area (Å²) in [5, 5.41) is 14.1. The van der Waals surface area contributed by atoms with Gasteiger partial charge in [-0.15, -0.1) is 11.3 Å². The molecule has 34 heavy (non-hydrogen) atoms. The Bertz CT molecular complexity index is 1510. The number of methoxy groups -OCH3 is 1. The van der Waals surface area contributed by atoms with Crippen LogP contribution in [0.4, 0.5) is 10.7 Å². The fraction of sp³-hybridized carbons (Fsp3) is 0.222. The Hall–Kier alpha value is -3.89. The molecular formula is C27H23N3O3S. The van der Waals surface area contributed by atoms with Crippen LogP contribution in [0.2, 0.25) is 0 Å². The molecule has 1 aliphatic rings. The summed E-state index contributed by atoms with van der Waals surface area (Å²) in [6.45, 7) is 1.99. The van der Waals surface area contributed by atoms with Crippen LogP contribution in [0.1, 0.15) is 44.8 Å². The first kappa shape index (κ1) is 21.9. The number of nitriles is 1. The molecule has 0 atom stereocenters. The molecule has 0 radical (unpaired) electrons. The summed E-state index contributed by atoms with van der Waals surface area (Å²) < 4.78 is 11.5. The molecule has 1 N–H and O–H groups in total. The van der Waals surface area contributed by atoms with Crippen LogP contribution in [0.5, 0.6) is 5.75 Å². The summed E-state index contributed by atoms with van der Waals surface area (Å²) in [6.07, 6.45) is 4.04. The largest absolute Gasteiger partial charge is 0.497 e. The van der Waals surface area contributed by atoms with Gasteiger partial charge in [-0.25, -0.2) is 4.99 Å². The summed E-state index contributed by atoms with van der Waals surface area (Å²) >= 11 is 1.52. The summed E-state index contributed by atoms with van der Waals surface area (Å²) in [6, 6.07) is 17.1. The van der Waals surface area contributed by atoms with Crippen LogP contribution >= 0.6 is 11.3 Å². The van der Waals surface area contributed by atoms with Gasteiger partial charge in [0.25, 0.3) is 5.91 Å². The molecule has 2 aromatic carbocycles. The van der Waals surface area contributed by atoms with E-state index in [1.807, 2.05) is 37.3 Å². The Morgan fingerprint density at radius 3 is 2.71 bits per heavy atom. The number of amides is 1. The van der Waals surface area contributed by atoms with Crippen LogP contribution in [-0.2, 0) is 12.8 Å². The molecule has 6 nitrogen and oxygen atoms in total. The third kappa shape index (κ3) is 4.20. The van der Waals surface area contributed by atoms with E-state index in [1.54, 1.807) is 25.3 Å². The maximum atomic E-state index is 13.3. The van der Waals surface area contributed by atoms with Crippen LogP contribution in [0.3, 0.4) is 0 Å². The highest BCUT2D eigenvalue weighted by molar-refractivity contribution is 7.16. The first-order chi connectivity index (χ1) is 16.6. The number of hydrogen-bond acceptors (Lipinski definition) is 6. The van der Waals surface area contributed by atoms with Gasteiger partial charge in [0.2, 0.25) is 5.55 Å². The van der Waals surface area contributed by atoms with Crippen LogP contribution in [-0.4, -0.2) is 13.0 Å². The van der Waals surface area contributed by atoms with Crippen molar-refractivity contribution in [2.24, 2.45) is 4.99 Å². The number of carbonyl (C=O) groups excluding carboxylic acids is 1. The molecule has 0 aliphatic heterocycles. The van der Waals surface area contributed by atoms with Gasteiger partial charge in [0, 0.05) is 16.0 Å². The quantitative estimate of drug-likeness (QED) is 0.394. The topological polar surface area (TPSA) is 87.6 Å². The molecule has 5 rings (SSSR count). The fourth-order valence-electron chi connectivity index (χ4n) is 4.15. The molecule has 170 valence electrons. The van der Waals surface area contributed by atoms with Crippen molar-refractivity contribution in [2.45, 2.75) is 32.6 Å². The number of aryl methyl sites for hydroxylation is 2. The van der Waals surface area contributed by atoms with Gasteiger partial charge in [0.15, 0.2) is 0 Å². The van der Waals surface area contributed by atoms with E-state index in [4.69, 9.17) is 14.1 Å². The minimum absolute atomic E-state index is 0.178. The van der Waals surface area contributed by atoms with Crippen molar-refractivity contribution >= 4 is 38.9 Å². The van der Waals surface area contributed by atoms with Crippen LogP contribution in [0, 0.1) is 18.3 Å². The Labute approximate surface area is 201 Å². The van der Waals surface area contributed by atoms with E-state index in [2.05, 4.69) is 11.4 Å². The highest BCUT2D eigenvalue weighted by atomic mass is 32.1. The second kappa shape index (κ2) is 9.16. The summed E-state index contributed by atoms with van der Waals surface area (Å²) in [4.78, 5) is 19.3. The molecule has 0 saturated carbocycles. The zero-order chi connectivity index (χ0) is 23.7. The van der Waals surface area contributed by atoms with E-state index < -0.39 is 0 Å². The van der Waals surface area contributed by atoms with Gasteiger partial charge < -0.3 is 14.5 Å². The minimum Gasteiger partial charge on any atom is -0.497 e. The SMILES string of the molecule is COc1ccc2o/c(=N\c3sc4c(c3C#N)CCCC4)c(C(=O)Nc3ccc(C)cc3)cc2c1. The minimum atomic E-state index is -0.337. The maximum Gasteiger partial charge on any atom is 0.261 e. The number of rotatable bonds is 4. The van der Waals surface area contributed by atoms with E-state index in [0.717, 1.165) is 42.2 Å². The lowest BCUT2D eigenvalue weighted by Gasteiger charge is -2.09. The van der Waals surface area contributed by atoms with Gasteiger partial charge in [0.1, 0.15) is 28.0 Å². The van der Waals surface area contributed by atoms with Crippen molar-refractivity contribution in [1.82, 2.24) is 0 Å². The number of carbonyl (C=O) groups is 1. The zero-order valence-electron chi connectivity index (χ0n) is 19.0. The van der Waals surface area contributed by atoms with E-state index >= 15 is 0 Å². The number of ether oxygens (including phenoxy) is 1. The molecule has 0 spiro atoms. The standard InChI is InChI=1S/C27H23N3O3S/c1-16-7-9-18(10-8-16)29-25(31)21-14-17-13-19(32-2)11-12-23(17)33-26(21)30-27-22(15-28)20-5-3-4-6-24(20)34-27/h7-14H,3-6H2,1-2H3,(H,29,31)/b30-26-. The predicted molar refractivity (Wildman–Crippen MR) is 133 cm³/mol. The van der Waals surface area contributed by atoms with E-state index in [9.17, 15) is 10.1 Å². The van der Waals surface area contributed by atoms with Crippen LogP contribution in [0.15, 0.2) is 57.9 Å². The smallest absolute Gasteiger partial charge is 0.261 e. The van der Waals surface area contributed by atoms with Crippen molar-refractivity contribution in [3.8, 4) is 11.8 Å². The van der Waals surface area contributed by atoms with E-state index in [1.165, 1.54) is 16.2 Å². The fourth-order valence-corrected chi connectivity index (χ4v) is 5.36. The molecule has 1 aliphatic carbocycles. The highest BCUT2D eigenvalue weighted by Crippen LogP contribution is 2.39. The van der Waals surface area contributed by atoms with Gasteiger partial charge in [0.05, 0.1) is 12.7 Å². The average molecular weight is 470 g/mol. The Balaban J connectivity index is 1.67. The molecule has 2 aromatic heterocycles. The number of benzene rings is 2. The normalized spacial score (nSPS) is 13.4. The summed E-state index contributed by atoms with van der Waals surface area (Å²) in [5.41, 5.74) is 4.51. The average Bonchev–Trinajstić information content (AvgIpc) is 3.21. The maximum absolute atomic E-state index is 13.3. The Kier molecular flexibility index (Phi) is 5.91. The summed E-state index contributed by atoms with van der Waals surface area (Å²) in [7, 11) is 1.59. The Morgan fingerprint density at radius 2 is 1.94 bits per heavy atom. The van der Waals surface area contributed by atoms with Crippen LogP contribution in [0.25, 0.3) is 11.0 Å². The molecular weight excluding hydrogens is 446 g/mol. The van der Waals surface area contributed by atoms with Crippen molar-refractivity contribution in [1.29, 1.82) is 5.26 Å². The molecule has 2 heterocycles. The lowest BCUT2D eigenvalue weighted by atomic mass is 9.96. The number of nitrogens with one attached hydrogen (secondary N) is 1. The third-order valence-corrected chi connectivity index (χ3v) is 7.16. The highest BCUT2D eigenvalue weighted by Gasteiger charge is 2.21. The number of hydrogen-bond donors (Lipinski definition) is 1. The second-order valence-electron chi connectivity index (χ2n) is 8.30. The summed E-state index contributed by atoms with van der Waals surface area (Å²) in [5.74, 6) is 0.325. The zero-order valence-corrected chi connectivity index (χ0v) is 19.8. The number of thiophene rings is 1.